The number of hydrogen-bond acceptors (Lipinski definition) is 5. The number of likely N-dealkylation sites (tertiary alicyclic amines) is 3. The van der Waals surface area contributed by atoms with E-state index in [1.165, 1.54) is 36.0 Å². The first-order valence-electron chi connectivity index (χ1n) is 17.2. The first kappa shape index (κ1) is 36.5. The van der Waals surface area contributed by atoms with E-state index >= 15 is 0 Å². The van der Waals surface area contributed by atoms with Gasteiger partial charge >= 0.3 is 17.9 Å². The van der Waals surface area contributed by atoms with Gasteiger partial charge in [0.25, 0.3) is 0 Å². The van der Waals surface area contributed by atoms with Gasteiger partial charge in [0.15, 0.2) is 0 Å². The number of carbonyl (C=O) groups is 2. The van der Waals surface area contributed by atoms with Gasteiger partial charge < -0.3 is 30.7 Å². The van der Waals surface area contributed by atoms with E-state index in [2.05, 4.69) is 47.1 Å². The molecule has 10 nitrogen and oxygen atoms in total. The molecule has 4 N–H and O–H groups in total. The second-order valence-electron chi connectivity index (χ2n) is 13.5. The molecule has 0 radical (unpaired) electrons. The molecule has 0 bridgehead atoms. The zero-order valence-corrected chi connectivity index (χ0v) is 30.8. The summed E-state index contributed by atoms with van der Waals surface area (Å²) in [6.45, 7) is 4.19. The summed E-state index contributed by atoms with van der Waals surface area (Å²) in [7, 11) is 0. The summed E-state index contributed by atoms with van der Waals surface area (Å²) in [6.07, 6.45) is 3.80. The molecule has 50 heavy (non-hydrogen) atoms. The zero-order valence-electron chi connectivity index (χ0n) is 27.7. The van der Waals surface area contributed by atoms with E-state index in [1.54, 1.807) is 11.1 Å². The number of benzene rings is 2. The van der Waals surface area contributed by atoms with Gasteiger partial charge in [0.1, 0.15) is 6.04 Å². The number of carbonyl (C=O) groups excluding carboxylic acids is 2. The van der Waals surface area contributed by atoms with Gasteiger partial charge in [0.05, 0.1) is 16.9 Å². The third-order valence-electron chi connectivity index (χ3n) is 10.2. The summed E-state index contributed by atoms with van der Waals surface area (Å²) in [4.78, 5) is 49.4. The summed E-state index contributed by atoms with van der Waals surface area (Å²) in [6, 6.07) is 7.64. The van der Waals surface area contributed by atoms with Gasteiger partial charge in [-0.15, -0.1) is 0 Å². The maximum absolute atomic E-state index is 14.0. The molecule has 0 aliphatic carbocycles. The van der Waals surface area contributed by atoms with Gasteiger partial charge in [-0.1, -0.05) is 18.6 Å². The maximum Gasteiger partial charge on any atom is 0.416 e. The number of nitrogens with one attached hydrogen (secondary N) is 2. The van der Waals surface area contributed by atoms with Crippen molar-refractivity contribution in [3.63, 3.8) is 0 Å². The summed E-state index contributed by atoms with van der Waals surface area (Å²) in [5.74, 6) is -0.115. The lowest BCUT2D eigenvalue weighted by Crippen LogP contribution is -2.56. The lowest BCUT2D eigenvalue weighted by Gasteiger charge is -2.41. The van der Waals surface area contributed by atoms with E-state index in [-0.39, 0.29) is 30.0 Å². The molecule has 3 aliphatic heterocycles. The highest BCUT2D eigenvalue weighted by Gasteiger charge is 2.34. The van der Waals surface area contributed by atoms with E-state index in [0.29, 0.717) is 65.4 Å². The van der Waals surface area contributed by atoms with Crippen molar-refractivity contribution < 1.29 is 22.8 Å². The summed E-state index contributed by atoms with van der Waals surface area (Å²) in [5.41, 5.74) is 6.84. The second kappa shape index (κ2) is 15.5. The number of hydrogen-bond donors (Lipinski definition) is 3. The number of piperidine rings is 3. The van der Waals surface area contributed by atoms with Gasteiger partial charge in [0, 0.05) is 65.4 Å². The van der Waals surface area contributed by atoms with Crippen LogP contribution in [-0.4, -0.2) is 87.5 Å². The molecule has 3 aromatic rings. The highest BCUT2D eigenvalue weighted by Crippen LogP contribution is 2.33. The molecule has 6 rings (SSSR count). The number of nitrogen functional groups attached to an aromatic ring is 1. The van der Waals surface area contributed by atoms with E-state index < -0.39 is 23.5 Å². The normalized spacial score (nSPS) is 19.1. The van der Waals surface area contributed by atoms with Crippen molar-refractivity contribution >= 4 is 49.5 Å². The largest absolute Gasteiger partial charge is 0.416 e. The molecule has 3 saturated heterocycles. The SMILES string of the molecule is Nc1c(Br)cc(C[C@H](NC(=O)N2CCC(n3cc(-c4cccc(C(F)(F)F)c4)[nH]c3=O)CC2)C(=O)N2CCC(N3CCCCC3)CC2)cc1Br. The molecule has 0 saturated carbocycles. The fraction of sp³-hybridized carbons (Fsp3) is 0.514. The predicted molar refractivity (Wildman–Crippen MR) is 193 cm³/mol. The van der Waals surface area contributed by atoms with E-state index in [0.717, 1.165) is 43.6 Å². The van der Waals surface area contributed by atoms with Gasteiger partial charge in [0.2, 0.25) is 5.91 Å². The minimum Gasteiger partial charge on any atom is -0.397 e. The summed E-state index contributed by atoms with van der Waals surface area (Å²) < 4.78 is 42.7. The first-order chi connectivity index (χ1) is 23.9. The molecule has 1 aromatic heterocycles. The van der Waals surface area contributed by atoms with Crippen LogP contribution in [0.15, 0.2) is 56.3 Å². The summed E-state index contributed by atoms with van der Waals surface area (Å²) in [5, 5.41) is 3.03. The summed E-state index contributed by atoms with van der Waals surface area (Å²) >= 11 is 6.98. The van der Waals surface area contributed by atoms with E-state index in [1.807, 2.05) is 17.0 Å². The number of imidazole rings is 1. The molecule has 3 amide bonds. The molecule has 2 aromatic carbocycles. The van der Waals surface area contributed by atoms with Crippen LogP contribution in [0.3, 0.4) is 0 Å². The Morgan fingerprint density at radius 2 is 1.52 bits per heavy atom. The van der Waals surface area contributed by atoms with Crippen LogP contribution in [-0.2, 0) is 17.4 Å². The highest BCUT2D eigenvalue weighted by atomic mass is 79.9. The Kier molecular flexibility index (Phi) is 11.3. The van der Waals surface area contributed by atoms with Crippen LogP contribution in [0, 0.1) is 0 Å². The maximum atomic E-state index is 14.0. The standard InChI is InChI=1S/C35H42Br2F3N7O3/c36-27-17-22(18-28(37)31(27)41)19-29(32(48)45-13-7-25(8-14-45)44-11-2-1-3-12-44)42-33(49)46-15-9-26(10-16-46)47-21-30(43-34(47)50)23-5-4-6-24(20-23)35(38,39)40/h4-6,17-18,20-21,25-26,29H,1-3,7-16,19,41H2,(H,42,49)(H,43,50)/t29-/m0/s1. The fourth-order valence-corrected chi connectivity index (χ4v) is 8.71. The van der Waals surface area contributed by atoms with Crippen LogP contribution in [0.1, 0.15) is 62.1 Å². The van der Waals surface area contributed by atoms with E-state index in [4.69, 9.17) is 5.73 Å². The van der Waals surface area contributed by atoms with Crippen molar-refractivity contribution in [2.45, 2.75) is 75.7 Å². The number of aromatic amines is 1. The van der Waals surface area contributed by atoms with Gasteiger partial charge in [-0.25, -0.2) is 9.59 Å². The molecule has 3 fully saturated rings. The van der Waals surface area contributed by atoms with Crippen molar-refractivity contribution in [1.82, 2.24) is 29.6 Å². The van der Waals surface area contributed by atoms with Gasteiger partial charge in [-0.05, 0) is 113 Å². The lowest BCUT2D eigenvalue weighted by molar-refractivity contribution is -0.137. The second-order valence-corrected chi connectivity index (χ2v) is 15.2. The molecule has 1 atom stereocenters. The van der Waals surface area contributed by atoms with Crippen LogP contribution in [0.5, 0.6) is 0 Å². The van der Waals surface area contributed by atoms with Crippen LogP contribution < -0.4 is 16.7 Å². The molecule has 15 heteroatoms. The average Bonchev–Trinajstić information content (AvgIpc) is 3.51. The topological polar surface area (TPSA) is 120 Å². The number of amides is 3. The third-order valence-corrected chi connectivity index (χ3v) is 11.6. The van der Waals surface area contributed by atoms with E-state index in [9.17, 15) is 27.6 Å². The molecule has 4 heterocycles. The van der Waals surface area contributed by atoms with Crippen molar-refractivity contribution in [2.75, 3.05) is 45.0 Å². The number of rotatable bonds is 7. The minimum absolute atomic E-state index is 0.115. The van der Waals surface area contributed by atoms with Gasteiger partial charge in [-0.2, -0.15) is 13.2 Å². The van der Waals surface area contributed by atoms with Crippen LogP contribution >= 0.6 is 31.9 Å². The van der Waals surface area contributed by atoms with Crippen molar-refractivity contribution in [2.24, 2.45) is 0 Å². The molecular formula is C35H42Br2F3N7O3. The van der Waals surface area contributed by atoms with Crippen molar-refractivity contribution in [1.29, 1.82) is 0 Å². The van der Waals surface area contributed by atoms with Crippen molar-refractivity contribution in [3.05, 3.63) is 73.2 Å². The Bertz CT molecular complexity index is 1720. The Labute approximate surface area is 305 Å². The van der Waals surface area contributed by atoms with Crippen LogP contribution in [0.2, 0.25) is 0 Å². The monoisotopic (exact) mass is 823 g/mol. The Balaban J connectivity index is 1.11. The molecule has 3 aliphatic rings. The predicted octanol–water partition coefficient (Wildman–Crippen LogP) is 6.40. The molecule has 0 spiro atoms. The molecule has 0 unspecified atom stereocenters. The molecule has 270 valence electrons. The Morgan fingerprint density at radius 1 is 0.900 bits per heavy atom. The molecular weight excluding hydrogens is 783 g/mol. The number of H-pyrrole nitrogens is 1. The average molecular weight is 826 g/mol. The zero-order chi connectivity index (χ0) is 35.6. The Morgan fingerprint density at radius 3 is 2.16 bits per heavy atom. The van der Waals surface area contributed by atoms with Crippen LogP contribution in [0.25, 0.3) is 11.3 Å². The first-order valence-corrected chi connectivity index (χ1v) is 18.8. The number of urea groups is 1. The highest BCUT2D eigenvalue weighted by molar-refractivity contribution is 9.11. The third kappa shape index (κ3) is 8.42. The number of halogens is 5. The van der Waals surface area contributed by atoms with Crippen LogP contribution in [0.4, 0.5) is 23.7 Å². The minimum atomic E-state index is -4.50. The number of nitrogens with zero attached hydrogens (tertiary/aromatic N) is 4. The smallest absolute Gasteiger partial charge is 0.397 e. The number of alkyl halides is 3. The fourth-order valence-electron chi connectivity index (χ4n) is 7.42. The lowest BCUT2D eigenvalue weighted by atomic mass is 9.98. The number of aromatic nitrogens is 2. The number of nitrogens with two attached hydrogens (primary N) is 1. The number of anilines is 1. The quantitative estimate of drug-likeness (QED) is 0.239. The van der Waals surface area contributed by atoms with Crippen molar-refractivity contribution in [3.8, 4) is 11.3 Å². The van der Waals surface area contributed by atoms with Gasteiger partial charge in [-0.3, -0.25) is 9.36 Å². The Hall–Kier alpha value is -3.30.